The number of halogens is 2. The van der Waals surface area contributed by atoms with Gasteiger partial charge in [-0.15, -0.1) is 12.4 Å². The lowest BCUT2D eigenvalue weighted by Gasteiger charge is -2.24. The van der Waals surface area contributed by atoms with Crippen LogP contribution < -0.4 is 15.2 Å². The lowest BCUT2D eigenvalue weighted by molar-refractivity contribution is 0.412. The third-order valence-corrected chi connectivity index (χ3v) is 4.45. The number of sulfonamides is 1. The summed E-state index contributed by atoms with van der Waals surface area (Å²) in [5.41, 5.74) is 4.82. The Balaban J connectivity index is 0.00000324. The van der Waals surface area contributed by atoms with Crippen molar-refractivity contribution in [3.8, 4) is 5.75 Å². The fourth-order valence-electron chi connectivity index (χ4n) is 1.27. The van der Waals surface area contributed by atoms with Crippen molar-refractivity contribution in [2.75, 3.05) is 13.7 Å². The molecule has 19 heavy (non-hydrogen) atoms. The van der Waals surface area contributed by atoms with Crippen LogP contribution in [0.2, 0.25) is 0 Å². The Morgan fingerprint density at radius 3 is 2.42 bits per heavy atom. The van der Waals surface area contributed by atoms with Crippen LogP contribution in [-0.2, 0) is 10.0 Å². The Bertz CT molecular complexity index is 535. The SMILES string of the molecule is COc1cc(Br)cc(S(=O)(=O)NC(C)(C)CN)c1.Cl. The summed E-state index contributed by atoms with van der Waals surface area (Å²) >= 11 is 3.25. The van der Waals surface area contributed by atoms with Crippen LogP contribution in [0.4, 0.5) is 0 Å². The predicted octanol–water partition coefficient (Wildman–Crippen LogP) is 1.90. The molecule has 0 unspecified atom stereocenters. The molecule has 0 radical (unpaired) electrons. The fourth-order valence-corrected chi connectivity index (χ4v) is 3.38. The van der Waals surface area contributed by atoms with Crippen molar-refractivity contribution in [3.63, 3.8) is 0 Å². The van der Waals surface area contributed by atoms with E-state index in [-0.39, 0.29) is 23.8 Å². The molecule has 0 saturated carbocycles. The zero-order valence-electron chi connectivity index (χ0n) is 10.9. The summed E-state index contributed by atoms with van der Waals surface area (Å²) in [5.74, 6) is 0.468. The first kappa shape index (κ1) is 18.7. The number of rotatable bonds is 5. The molecule has 0 amide bonds. The van der Waals surface area contributed by atoms with Crippen LogP contribution in [0.1, 0.15) is 13.8 Å². The summed E-state index contributed by atoms with van der Waals surface area (Å²) in [6.45, 7) is 3.65. The third-order valence-electron chi connectivity index (χ3n) is 2.31. The van der Waals surface area contributed by atoms with Gasteiger partial charge in [0.2, 0.25) is 10.0 Å². The average Bonchev–Trinajstić information content (AvgIpc) is 2.27. The predicted molar refractivity (Wildman–Crippen MR) is 81.4 cm³/mol. The first-order valence-corrected chi connectivity index (χ1v) is 7.56. The van der Waals surface area contributed by atoms with Crippen molar-refractivity contribution in [1.82, 2.24) is 4.72 Å². The Hall–Kier alpha value is -0.340. The maximum atomic E-state index is 12.2. The van der Waals surface area contributed by atoms with E-state index in [1.165, 1.54) is 19.2 Å². The topological polar surface area (TPSA) is 81.4 Å². The van der Waals surface area contributed by atoms with Gasteiger partial charge in [0.1, 0.15) is 5.75 Å². The Labute approximate surface area is 128 Å². The van der Waals surface area contributed by atoms with Crippen LogP contribution in [0.5, 0.6) is 5.75 Å². The smallest absolute Gasteiger partial charge is 0.241 e. The van der Waals surface area contributed by atoms with Crippen molar-refractivity contribution in [2.45, 2.75) is 24.3 Å². The van der Waals surface area contributed by atoms with Gasteiger partial charge >= 0.3 is 0 Å². The van der Waals surface area contributed by atoms with Crippen LogP contribution in [0.25, 0.3) is 0 Å². The molecule has 0 atom stereocenters. The summed E-state index contributed by atoms with van der Waals surface area (Å²) < 4.78 is 32.6. The average molecular weight is 374 g/mol. The number of ether oxygens (including phenoxy) is 1. The van der Waals surface area contributed by atoms with E-state index in [1.54, 1.807) is 19.9 Å². The van der Waals surface area contributed by atoms with E-state index in [0.717, 1.165) is 0 Å². The summed E-state index contributed by atoms with van der Waals surface area (Å²) in [4.78, 5) is 0.134. The Kier molecular flexibility index (Phi) is 6.77. The van der Waals surface area contributed by atoms with Gasteiger partial charge in [-0.2, -0.15) is 0 Å². The van der Waals surface area contributed by atoms with Crippen molar-refractivity contribution < 1.29 is 13.2 Å². The highest BCUT2D eigenvalue weighted by atomic mass is 79.9. The van der Waals surface area contributed by atoms with Gasteiger partial charge in [-0.25, -0.2) is 13.1 Å². The second-order valence-corrected chi connectivity index (χ2v) is 7.12. The highest BCUT2D eigenvalue weighted by Crippen LogP contribution is 2.24. The molecule has 1 aromatic carbocycles. The van der Waals surface area contributed by atoms with Crippen molar-refractivity contribution >= 4 is 38.4 Å². The third kappa shape index (κ3) is 5.27. The van der Waals surface area contributed by atoms with Crippen LogP contribution in [0.3, 0.4) is 0 Å². The van der Waals surface area contributed by atoms with Crippen LogP contribution in [0, 0.1) is 0 Å². The van der Waals surface area contributed by atoms with E-state index < -0.39 is 15.6 Å². The van der Waals surface area contributed by atoms with E-state index in [1.807, 2.05) is 0 Å². The van der Waals surface area contributed by atoms with Crippen molar-refractivity contribution in [3.05, 3.63) is 22.7 Å². The molecule has 0 aliphatic heterocycles. The molecule has 3 N–H and O–H groups in total. The molecule has 0 aliphatic carbocycles. The Morgan fingerprint density at radius 1 is 1.37 bits per heavy atom. The number of nitrogens with one attached hydrogen (secondary N) is 1. The van der Waals surface area contributed by atoms with Gasteiger partial charge in [0, 0.05) is 22.6 Å². The standard InChI is InChI=1S/C11H17BrN2O3S.ClH/c1-11(2,7-13)14-18(15,16)10-5-8(12)4-9(6-10)17-3;/h4-6,14H,7,13H2,1-3H3;1H. The monoisotopic (exact) mass is 372 g/mol. The minimum Gasteiger partial charge on any atom is -0.497 e. The van der Waals surface area contributed by atoms with Gasteiger partial charge in [-0.05, 0) is 26.0 Å². The number of benzene rings is 1. The van der Waals surface area contributed by atoms with Crippen LogP contribution in [-0.4, -0.2) is 27.6 Å². The highest BCUT2D eigenvalue weighted by Gasteiger charge is 2.25. The van der Waals surface area contributed by atoms with Gasteiger partial charge in [-0.3, -0.25) is 0 Å². The molecule has 5 nitrogen and oxygen atoms in total. The molecule has 1 aromatic rings. The van der Waals surface area contributed by atoms with Gasteiger partial charge in [-0.1, -0.05) is 15.9 Å². The van der Waals surface area contributed by atoms with Gasteiger partial charge in [0.15, 0.2) is 0 Å². The first-order chi connectivity index (χ1) is 8.20. The van der Waals surface area contributed by atoms with E-state index in [4.69, 9.17) is 10.5 Å². The summed E-state index contributed by atoms with van der Waals surface area (Å²) in [5, 5.41) is 0. The molecule has 0 aliphatic rings. The van der Waals surface area contributed by atoms with Gasteiger partial charge in [0.25, 0.3) is 0 Å². The highest BCUT2D eigenvalue weighted by molar-refractivity contribution is 9.10. The van der Waals surface area contributed by atoms with Crippen LogP contribution >= 0.6 is 28.3 Å². The van der Waals surface area contributed by atoms with Crippen molar-refractivity contribution in [1.29, 1.82) is 0 Å². The second-order valence-electron chi connectivity index (χ2n) is 4.52. The van der Waals surface area contributed by atoms with E-state index in [9.17, 15) is 8.42 Å². The molecule has 8 heteroatoms. The maximum absolute atomic E-state index is 12.2. The number of methoxy groups -OCH3 is 1. The second kappa shape index (κ2) is 6.90. The molecule has 110 valence electrons. The fraction of sp³-hybridized carbons (Fsp3) is 0.455. The van der Waals surface area contributed by atoms with Gasteiger partial charge < -0.3 is 10.5 Å². The molecule has 0 bridgehead atoms. The zero-order chi connectivity index (χ0) is 14.0. The normalized spacial score (nSPS) is 11.8. The number of hydrogen-bond donors (Lipinski definition) is 2. The molecular weight excluding hydrogens is 356 g/mol. The summed E-state index contributed by atoms with van der Waals surface area (Å²) in [7, 11) is -2.14. The molecule has 0 spiro atoms. The molecular formula is C11H18BrClN2O3S. The number of hydrogen-bond acceptors (Lipinski definition) is 4. The first-order valence-electron chi connectivity index (χ1n) is 5.29. The van der Waals surface area contributed by atoms with E-state index >= 15 is 0 Å². The van der Waals surface area contributed by atoms with Gasteiger partial charge in [0.05, 0.1) is 12.0 Å². The number of nitrogens with two attached hydrogens (primary N) is 1. The lowest BCUT2D eigenvalue weighted by atomic mass is 10.1. The quantitative estimate of drug-likeness (QED) is 0.826. The lowest BCUT2D eigenvalue weighted by Crippen LogP contribution is -2.48. The molecule has 0 saturated heterocycles. The molecule has 1 rings (SSSR count). The summed E-state index contributed by atoms with van der Waals surface area (Å²) in [6.07, 6.45) is 0. The van der Waals surface area contributed by atoms with E-state index in [2.05, 4.69) is 20.7 Å². The minimum atomic E-state index is -3.63. The van der Waals surface area contributed by atoms with Crippen molar-refractivity contribution in [2.24, 2.45) is 5.73 Å². The molecule has 0 aromatic heterocycles. The molecule has 0 heterocycles. The minimum absolute atomic E-state index is 0. The van der Waals surface area contributed by atoms with Crippen LogP contribution in [0.15, 0.2) is 27.6 Å². The molecule has 0 fully saturated rings. The zero-order valence-corrected chi connectivity index (χ0v) is 14.2. The maximum Gasteiger partial charge on any atom is 0.241 e. The summed E-state index contributed by atoms with van der Waals surface area (Å²) in [6, 6.07) is 4.66. The van der Waals surface area contributed by atoms with E-state index in [0.29, 0.717) is 10.2 Å². The Morgan fingerprint density at radius 2 is 1.95 bits per heavy atom. The largest absolute Gasteiger partial charge is 0.497 e.